The molecule has 0 saturated carbocycles. The molecule has 0 N–H and O–H groups in total. The number of anilines is 1. The monoisotopic (exact) mass is 351 g/mol. The predicted octanol–water partition coefficient (Wildman–Crippen LogP) is 4.74. The molecular formula is C18H16F3NOS. The van der Waals surface area contributed by atoms with Crippen LogP contribution >= 0.6 is 11.8 Å². The van der Waals surface area contributed by atoms with Crippen LogP contribution in [0.1, 0.15) is 18.1 Å². The maximum Gasteiger partial charge on any atom is 0.441 e. The minimum Gasteiger partial charge on any atom is -0.307 e. The molecule has 24 heavy (non-hydrogen) atoms. The van der Waals surface area contributed by atoms with Gasteiger partial charge in [0.15, 0.2) is 0 Å². The summed E-state index contributed by atoms with van der Waals surface area (Å²) in [5, 5.41) is 0. The number of carbonyl (C=O) groups is 1. The molecule has 126 valence electrons. The minimum absolute atomic E-state index is 0.142. The van der Waals surface area contributed by atoms with E-state index in [1.807, 2.05) is 30.3 Å². The standard InChI is InChI=1S/C18H16F3NOS/c1-17(12-24-18(19,20)21)14-9-5-6-10-15(14)22(16(17)23)11-13-7-3-2-4-8-13/h2-10H,11-12H2,1H3. The third-order valence-corrected chi connectivity index (χ3v) is 5.26. The Morgan fingerprint density at radius 3 is 2.33 bits per heavy atom. The van der Waals surface area contributed by atoms with Crippen molar-refractivity contribution in [1.29, 1.82) is 0 Å². The molecule has 0 fully saturated rings. The zero-order chi connectivity index (χ0) is 17.4. The normalized spacial score (nSPS) is 20.3. The Bertz CT molecular complexity index is 747. The summed E-state index contributed by atoms with van der Waals surface area (Å²) in [6.45, 7) is 1.95. The van der Waals surface area contributed by atoms with E-state index >= 15 is 0 Å². The average molecular weight is 351 g/mol. The lowest BCUT2D eigenvalue weighted by molar-refractivity contribution is -0.122. The molecular weight excluding hydrogens is 335 g/mol. The van der Waals surface area contributed by atoms with E-state index < -0.39 is 10.9 Å². The first-order valence-corrected chi connectivity index (χ1v) is 8.46. The van der Waals surface area contributed by atoms with Gasteiger partial charge in [-0.15, -0.1) is 0 Å². The van der Waals surface area contributed by atoms with Crippen LogP contribution in [0.4, 0.5) is 18.9 Å². The highest BCUT2D eigenvalue weighted by molar-refractivity contribution is 8.00. The van der Waals surface area contributed by atoms with Crippen LogP contribution < -0.4 is 4.90 Å². The Labute approximate surface area is 142 Å². The number of hydrogen-bond donors (Lipinski definition) is 0. The first kappa shape index (κ1) is 16.9. The Morgan fingerprint density at radius 2 is 1.67 bits per heavy atom. The third-order valence-electron chi connectivity index (χ3n) is 4.21. The number of rotatable bonds is 4. The molecule has 1 aliphatic heterocycles. The molecule has 1 unspecified atom stereocenters. The number of thioether (sulfide) groups is 1. The lowest BCUT2D eigenvalue weighted by atomic mass is 9.86. The van der Waals surface area contributed by atoms with Crippen LogP contribution in [0.15, 0.2) is 54.6 Å². The van der Waals surface area contributed by atoms with Crippen molar-refractivity contribution in [3.63, 3.8) is 0 Å². The van der Waals surface area contributed by atoms with E-state index in [0.717, 1.165) is 5.56 Å². The van der Waals surface area contributed by atoms with Crippen molar-refractivity contribution in [1.82, 2.24) is 0 Å². The molecule has 0 spiro atoms. The Morgan fingerprint density at radius 1 is 1.04 bits per heavy atom. The molecule has 1 aliphatic rings. The fourth-order valence-corrected chi connectivity index (χ4v) is 3.72. The molecule has 2 aromatic rings. The largest absolute Gasteiger partial charge is 0.441 e. The van der Waals surface area contributed by atoms with Crippen LogP contribution in [-0.2, 0) is 16.8 Å². The molecule has 2 aromatic carbocycles. The van der Waals surface area contributed by atoms with Crippen molar-refractivity contribution < 1.29 is 18.0 Å². The number of carbonyl (C=O) groups excluding carboxylic acids is 1. The number of amides is 1. The van der Waals surface area contributed by atoms with Gasteiger partial charge in [0.1, 0.15) is 0 Å². The summed E-state index contributed by atoms with van der Waals surface area (Å²) in [5.41, 5.74) is -3.25. The van der Waals surface area contributed by atoms with E-state index in [1.54, 1.807) is 36.1 Å². The third kappa shape index (κ3) is 3.15. The highest BCUT2D eigenvalue weighted by atomic mass is 32.2. The first-order chi connectivity index (χ1) is 11.3. The maximum atomic E-state index is 13.0. The first-order valence-electron chi connectivity index (χ1n) is 7.47. The summed E-state index contributed by atoms with van der Waals surface area (Å²) in [6.07, 6.45) is 0. The minimum atomic E-state index is -4.36. The lowest BCUT2D eigenvalue weighted by Crippen LogP contribution is -2.40. The summed E-state index contributed by atoms with van der Waals surface area (Å²) >= 11 is -0.142. The van der Waals surface area contributed by atoms with Gasteiger partial charge in [0.25, 0.3) is 0 Å². The van der Waals surface area contributed by atoms with E-state index in [9.17, 15) is 18.0 Å². The van der Waals surface area contributed by atoms with E-state index in [1.165, 1.54) is 0 Å². The molecule has 6 heteroatoms. The van der Waals surface area contributed by atoms with Crippen LogP contribution in [0.2, 0.25) is 0 Å². The molecule has 0 bridgehead atoms. The molecule has 2 nitrogen and oxygen atoms in total. The lowest BCUT2D eigenvalue weighted by Gasteiger charge is -2.24. The number of para-hydroxylation sites is 1. The predicted molar refractivity (Wildman–Crippen MR) is 89.9 cm³/mol. The average Bonchev–Trinajstić information content (AvgIpc) is 2.77. The van der Waals surface area contributed by atoms with E-state index in [-0.39, 0.29) is 23.4 Å². The van der Waals surface area contributed by atoms with Crippen LogP contribution in [-0.4, -0.2) is 17.2 Å². The Kier molecular flexibility index (Phi) is 4.34. The second-order valence-electron chi connectivity index (χ2n) is 5.96. The van der Waals surface area contributed by atoms with E-state index in [0.29, 0.717) is 17.8 Å². The molecule has 0 saturated heterocycles. The number of benzene rings is 2. The van der Waals surface area contributed by atoms with Crippen molar-refractivity contribution in [2.24, 2.45) is 0 Å². The van der Waals surface area contributed by atoms with Gasteiger partial charge in [-0.25, -0.2) is 0 Å². The zero-order valence-electron chi connectivity index (χ0n) is 13.0. The van der Waals surface area contributed by atoms with Crippen LogP contribution in [0, 0.1) is 0 Å². The van der Waals surface area contributed by atoms with Gasteiger partial charge >= 0.3 is 5.51 Å². The van der Waals surface area contributed by atoms with Crippen molar-refractivity contribution in [3.05, 3.63) is 65.7 Å². The smallest absolute Gasteiger partial charge is 0.307 e. The van der Waals surface area contributed by atoms with Gasteiger partial charge in [0.05, 0.1) is 12.0 Å². The van der Waals surface area contributed by atoms with Gasteiger partial charge in [-0.05, 0) is 35.9 Å². The van der Waals surface area contributed by atoms with Gasteiger partial charge < -0.3 is 4.90 Å². The summed E-state index contributed by atoms with van der Waals surface area (Å²) in [5.74, 6) is -0.609. The van der Waals surface area contributed by atoms with E-state index in [2.05, 4.69) is 0 Å². The summed E-state index contributed by atoms with van der Waals surface area (Å²) in [6, 6.07) is 16.5. The molecule has 0 radical (unpaired) electrons. The summed E-state index contributed by atoms with van der Waals surface area (Å²) in [7, 11) is 0. The van der Waals surface area contributed by atoms with Crippen molar-refractivity contribution in [2.45, 2.75) is 24.4 Å². The Hall–Kier alpha value is -1.95. The highest BCUT2D eigenvalue weighted by Crippen LogP contribution is 2.46. The molecule has 1 heterocycles. The van der Waals surface area contributed by atoms with Gasteiger partial charge in [-0.2, -0.15) is 13.2 Å². The fraction of sp³-hybridized carbons (Fsp3) is 0.278. The SMILES string of the molecule is CC1(CSC(F)(F)F)C(=O)N(Cc2ccccc2)c2ccccc21. The zero-order valence-corrected chi connectivity index (χ0v) is 13.8. The maximum absolute atomic E-state index is 13.0. The van der Waals surface area contributed by atoms with Crippen molar-refractivity contribution >= 4 is 23.4 Å². The number of hydrogen-bond acceptors (Lipinski definition) is 2. The van der Waals surface area contributed by atoms with E-state index in [4.69, 9.17) is 0 Å². The molecule has 0 aliphatic carbocycles. The number of halogens is 3. The van der Waals surface area contributed by atoms with Crippen LogP contribution in [0.5, 0.6) is 0 Å². The number of alkyl halides is 3. The van der Waals surface area contributed by atoms with Gasteiger partial charge in [-0.1, -0.05) is 48.5 Å². The van der Waals surface area contributed by atoms with Gasteiger partial charge in [0.2, 0.25) is 5.91 Å². The van der Waals surface area contributed by atoms with Crippen molar-refractivity contribution in [2.75, 3.05) is 10.7 Å². The number of fused-ring (bicyclic) bond motifs is 1. The summed E-state index contributed by atoms with van der Waals surface area (Å²) < 4.78 is 38.0. The van der Waals surface area contributed by atoms with Crippen molar-refractivity contribution in [3.8, 4) is 0 Å². The second-order valence-corrected chi connectivity index (χ2v) is 7.00. The second kappa shape index (κ2) is 6.16. The number of nitrogens with zero attached hydrogens (tertiary/aromatic N) is 1. The topological polar surface area (TPSA) is 20.3 Å². The molecule has 1 amide bonds. The van der Waals surface area contributed by atoms with Gasteiger partial charge in [0, 0.05) is 11.4 Å². The molecule has 1 atom stereocenters. The highest BCUT2D eigenvalue weighted by Gasteiger charge is 2.49. The summed E-state index contributed by atoms with van der Waals surface area (Å²) in [4.78, 5) is 14.5. The van der Waals surface area contributed by atoms with Gasteiger partial charge in [-0.3, -0.25) is 4.79 Å². The van der Waals surface area contributed by atoms with Crippen LogP contribution in [0.25, 0.3) is 0 Å². The van der Waals surface area contributed by atoms with Crippen LogP contribution in [0.3, 0.4) is 0 Å². The molecule has 3 rings (SSSR count). The fourth-order valence-electron chi connectivity index (χ4n) is 2.99. The quantitative estimate of drug-likeness (QED) is 0.793. The molecule has 0 aromatic heterocycles. The Balaban J connectivity index is 1.94.